The second-order valence-electron chi connectivity index (χ2n) is 30.2. The molecular weight excluding hydrogens is 1010 g/mol. The summed E-state index contributed by atoms with van der Waals surface area (Å²) in [5.41, 5.74) is 19.4. The molecule has 0 aromatic heterocycles. The molecule has 1 heteroatoms. The molecule has 1 nitrogen and oxygen atoms in total. The normalized spacial score (nSPS) is 25.5. The summed E-state index contributed by atoms with van der Waals surface area (Å²) in [6.45, 7) is 18.9. The highest BCUT2D eigenvalue weighted by molar-refractivity contribution is 6.17. The monoisotopic (exact) mass is 1100 g/mol. The van der Waals surface area contributed by atoms with E-state index in [2.05, 4.69) is 254 Å². The van der Waals surface area contributed by atoms with Gasteiger partial charge in [0, 0.05) is 38.9 Å². The summed E-state index contributed by atoms with van der Waals surface area (Å²) >= 11 is 0. The zero-order valence-electron chi connectivity index (χ0n) is 51.6. The van der Waals surface area contributed by atoms with Crippen LogP contribution in [0, 0.1) is 35.5 Å². The van der Waals surface area contributed by atoms with Crippen LogP contribution in [-0.2, 0) is 21.7 Å². The molecule has 8 saturated carbocycles. The van der Waals surface area contributed by atoms with Crippen LogP contribution in [0.5, 0.6) is 0 Å². The smallest absolute Gasteiger partial charge is 0.0618 e. The Labute approximate surface area is 503 Å². The van der Waals surface area contributed by atoms with Crippen LogP contribution in [0.2, 0.25) is 0 Å². The van der Waals surface area contributed by atoms with Crippen LogP contribution in [-0.4, -0.2) is 0 Å². The van der Waals surface area contributed by atoms with Crippen molar-refractivity contribution in [1.29, 1.82) is 0 Å². The predicted octanol–water partition coefficient (Wildman–Crippen LogP) is 22.5. The van der Waals surface area contributed by atoms with Gasteiger partial charge in [0.2, 0.25) is 0 Å². The third-order valence-corrected chi connectivity index (χ3v) is 23.5. The number of rotatable bonds is 14. The second-order valence-corrected chi connectivity index (χ2v) is 30.2. The molecule has 9 aromatic carbocycles. The third-order valence-electron chi connectivity index (χ3n) is 23.5. The fourth-order valence-electron chi connectivity index (χ4n) is 19.6. The molecule has 1 unspecified atom stereocenters. The zero-order valence-corrected chi connectivity index (χ0v) is 51.6. The van der Waals surface area contributed by atoms with Crippen molar-refractivity contribution in [2.24, 2.45) is 35.5 Å². The van der Waals surface area contributed by atoms with E-state index in [1.807, 2.05) is 0 Å². The van der Waals surface area contributed by atoms with Gasteiger partial charge < -0.3 is 4.90 Å². The van der Waals surface area contributed by atoms with Crippen LogP contribution < -0.4 is 4.90 Å². The molecule has 0 spiro atoms. The first-order chi connectivity index (χ1) is 40.6. The van der Waals surface area contributed by atoms with E-state index in [9.17, 15) is 0 Å². The average Bonchev–Trinajstić information content (AvgIpc) is 1.97. The Hall–Kier alpha value is -6.70. The van der Waals surface area contributed by atoms with E-state index in [0.29, 0.717) is 11.8 Å². The van der Waals surface area contributed by atoms with Crippen molar-refractivity contribution >= 4 is 38.6 Å². The SMILES string of the molecule is CC(C)c1ccc(C(c2ccc(C(C)(C)c3ccccc3)cc2)c2c3cc(C45CC6CC(CC(C6)C4)C5)ccc3c(N(c3ccc(C(C)C)cc3)c3ccc(C(C)(C)c4ccccc4)cc3)c3cc(C45CC6CC(CC(C6)C4)C5)ccc23)cc1. The number of anilines is 3. The average molecular weight is 1100 g/mol. The minimum Gasteiger partial charge on any atom is -0.309 e. The molecule has 0 radical (unpaired) electrons. The van der Waals surface area contributed by atoms with Crippen LogP contribution in [0.15, 0.2) is 194 Å². The first-order valence-electron chi connectivity index (χ1n) is 33.0. The molecule has 0 aliphatic heterocycles. The van der Waals surface area contributed by atoms with Gasteiger partial charge in [-0.1, -0.05) is 219 Å². The van der Waals surface area contributed by atoms with Gasteiger partial charge in [-0.3, -0.25) is 0 Å². The maximum atomic E-state index is 2.81. The Morgan fingerprint density at radius 3 is 1.10 bits per heavy atom. The standard InChI is InChI=1S/C83H89N/c1-53(2)61-19-21-63(22-20-61)77(64-23-27-67(28-24-64)80(5,6)65-15-11-9-12-16-65)78-73-37-31-70(83-50-58-42-59(51-83)44-60(43-58)52-83)46-76(73)79(74-38-32-69(45-75(74)78)82-47-55-39-56(48-82)41-57(40-55)49-82)84(71-33-25-62(26-34-71)54(3)4)72-35-29-68(30-36-72)81(7,8)66-17-13-10-14-18-66/h9-38,45-46,53-60,77H,39-44,47-52H2,1-8H3. The number of hydrogen-bond acceptors (Lipinski definition) is 1. The van der Waals surface area contributed by atoms with Gasteiger partial charge in [0.1, 0.15) is 0 Å². The lowest BCUT2D eigenvalue weighted by Gasteiger charge is -2.57. The minimum absolute atomic E-state index is 0.0190. The summed E-state index contributed by atoms with van der Waals surface area (Å²) in [5.74, 6) is 5.98. The maximum absolute atomic E-state index is 2.81. The number of hydrogen-bond donors (Lipinski definition) is 0. The highest BCUT2D eigenvalue weighted by atomic mass is 15.1. The Bertz CT molecular complexity index is 3550. The van der Waals surface area contributed by atoms with E-state index in [0.717, 1.165) is 35.5 Å². The van der Waals surface area contributed by atoms with Gasteiger partial charge in [0.15, 0.2) is 0 Å². The van der Waals surface area contributed by atoms with Crippen molar-refractivity contribution in [2.75, 3.05) is 4.90 Å². The van der Waals surface area contributed by atoms with Crippen LogP contribution >= 0.6 is 0 Å². The number of fused-ring (bicyclic) bond motifs is 2. The zero-order chi connectivity index (χ0) is 57.3. The van der Waals surface area contributed by atoms with Crippen molar-refractivity contribution in [1.82, 2.24) is 0 Å². The Kier molecular flexibility index (Phi) is 13.2. The topological polar surface area (TPSA) is 3.24 Å². The Balaban J connectivity index is 1.03. The molecule has 0 amide bonds. The summed E-state index contributed by atoms with van der Waals surface area (Å²) in [6, 6.07) is 77.8. The van der Waals surface area contributed by atoms with Crippen molar-refractivity contribution < 1.29 is 0 Å². The first-order valence-corrected chi connectivity index (χ1v) is 33.0. The van der Waals surface area contributed by atoms with Crippen molar-refractivity contribution in [2.45, 2.75) is 172 Å². The van der Waals surface area contributed by atoms with Crippen molar-refractivity contribution in [3.63, 3.8) is 0 Å². The highest BCUT2D eigenvalue weighted by Gasteiger charge is 2.53. The number of benzene rings is 9. The fraction of sp³-hybridized carbons (Fsp3) is 0.398. The van der Waals surface area contributed by atoms with E-state index in [-0.39, 0.29) is 27.6 Å². The molecule has 8 aliphatic rings. The molecular formula is C83H89N. The quantitative estimate of drug-likeness (QED) is 0.0775. The van der Waals surface area contributed by atoms with Crippen LogP contribution in [0.4, 0.5) is 17.1 Å². The largest absolute Gasteiger partial charge is 0.309 e. The van der Waals surface area contributed by atoms with Crippen LogP contribution in [0.25, 0.3) is 21.5 Å². The van der Waals surface area contributed by atoms with Gasteiger partial charge in [0.25, 0.3) is 0 Å². The molecule has 426 valence electrons. The molecule has 1 atom stereocenters. The molecule has 9 aromatic rings. The molecule has 8 fully saturated rings. The van der Waals surface area contributed by atoms with Gasteiger partial charge in [-0.25, -0.2) is 0 Å². The molecule has 84 heavy (non-hydrogen) atoms. The lowest BCUT2D eigenvalue weighted by molar-refractivity contribution is -0.00525. The van der Waals surface area contributed by atoms with Crippen molar-refractivity contribution in [3.05, 3.63) is 255 Å². The maximum Gasteiger partial charge on any atom is 0.0618 e. The third kappa shape index (κ3) is 9.14. The van der Waals surface area contributed by atoms with Gasteiger partial charge in [-0.2, -0.15) is 0 Å². The van der Waals surface area contributed by atoms with E-state index in [1.165, 1.54) is 166 Å². The van der Waals surface area contributed by atoms with Crippen molar-refractivity contribution in [3.8, 4) is 0 Å². The summed E-state index contributed by atoms with van der Waals surface area (Å²) < 4.78 is 0. The first kappa shape index (κ1) is 54.0. The summed E-state index contributed by atoms with van der Waals surface area (Å²) in [5, 5.41) is 5.57. The minimum atomic E-state index is -0.164. The Morgan fingerprint density at radius 1 is 0.345 bits per heavy atom. The summed E-state index contributed by atoms with van der Waals surface area (Å²) in [6.07, 6.45) is 16.7. The van der Waals surface area contributed by atoms with Gasteiger partial charge >= 0.3 is 0 Å². The van der Waals surface area contributed by atoms with E-state index < -0.39 is 0 Å². The Morgan fingerprint density at radius 2 is 0.679 bits per heavy atom. The highest BCUT2D eigenvalue weighted by Crippen LogP contribution is 2.64. The van der Waals surface area contributed by atoms with Gasteiger partial charge in [-0.15, -0.1) is 0 Å². The molecule has 0 heterocycles. The summed E-state index contributed by atoms with van der Waals surface area (Å²) in [7, 11) is 0. The molecule has 0 N–H and O–H groups in total. The lowest BCUT2D eigenvalue weighted by Crippen LogP contribution is -2.48. The van der Waals surface area contributed by atoms with E-state index >= 15 is 0 Å². The fourth-order valence-corrected chi connectivity index (χ4v) is 19.6. The summed E-state index contributed by atoms with van der Waals surface area (Å²) in [4.78, 5) is 2.71. The predicted molar refractivity (Wildman–Crippen MR) is 355 cm³/mol. The molecule has 8 aliphatic carbocycles. The van der Waals surface area contributed by atoms with E-state index in [1.54, 1.807) is 11.1 Å². The molecule has 0 saturated heterocycles. The van der Waals surface area contributed by atoms with Crippen LogP contribution in [0.1, 0.15) is 211 Å². The van der Waals surface area contributed by atoms with Gasteiger partial charge in [0.05, 0.1) is 5.69 Å². The number of nitrogens with zero attached hydrogens (tertiary/aromatic N) is 1. The van der Waals surface area contributed by atoms with Gasteiger partial charge in [-0.05, 0) is 238 Å². The second kappa shape index (κ2) is 20.5. The molecule has 17 rings (SSSR count). The van der Waals surface area contributed by atoms with Crippen LogP contribution in [0.3, 0.4) is 0 Å². The molecule has 8 bridgehead atoms. The van der Waals surface area contributed by atoms with E-state index in [4.69, 9.17) is 0 Å². The lowest BCUT2D eigenvalue weighted by atomic mass is 9.48.